The number of hydrogen-bond donors (Lipinski definition) is 2. The van der Waals surface area contributed by atoms with E-state index in [-0.39, 0.29) is 36.8 Å². The average molecular weight is 442 g/mol. The molecule has 1 unspecified atom stereocenters. The van der Waals surface area contributed by atoms with E-state index >= 15 is 0 Å². The molecule has 1 heterocycles. The number of carbonyl (C=O) groups excluding carboxylic acids is 1. The predicted octanol–water partition coefficient (Wildman–Crippen LogP) is 3.44. The van der Waals surface area contributed by atoms with Crippen LogP contribution in [0.4, 0.5) is 5.69 Å². The Morgan fingerprint density at radius 3 is 2.41 bits per heavy atom. The normalized spacial score (nSPS) is 15.8. The van der Waals surface area contributed by atoms with Crippen LogP contribution in [0.15, 0.2) is 36.4 Å². The van der Waals surface area contributed by atoms with Crippen LogP contribution in [-0.4, -0.2) is 44.2 Å². The number of nitrogens with zero attached hydrogens (tertiary/aromatic N) is 1. The molecule has 0 bridgehead atoms. The smallest absolute Gasteiger partial charge is 0.251 e. The molecule has 2 aromatic rings. The van der Waals surface area contributed by atoms with Crippen molar-refractivity contribution < 1.29 is 14.3 Å². The summed E-state index contributed by atoms with van der Waals surface area (Å²) in [4.78, 5) is 14.9. The number of carbonyl (C=O) groups is 1. The van der Waals surface area contributed by atoms with Crippen LogP contribution in [-0.2, 0) is 6.54 Å². The molecule has 3 N–H and O–H groups in total. The van der Waals surface area contributed by atoms with Gasteiger partial charge in [0.25, 0.3) is 5.91 Å². The fourth-order valence-electron chi connectivity index (χ4n) is 3.46. The van der Waals surface area contributed by atoms with Crippen molar-refractivity contribution >= 4 is 36.4 Å². The van der Waals surface area contributed by atoms with Crippen molar-refractivity contribution in [1.82, 2.24) is 10.2 Å². The van der Waals surface area contributed by atoms with Crippen LogP contribution >= 0.6 is 24.8 Å². The minimum absolute atomic E-state index is 0. The number of benzene rings is 2. The maximum Gasteiger partial charge on any atom is 0.251 e. The van der Waals surface area contributed by atoms with E-state index in [0.29, 0.717) is 11.3 Å². The van der Waals surface area contributed by atoms with E-state index in [1.54, 1.807) is 20.3 Å². The largest absolute Gasteiger partial charge is 0.497 e. The van der Waals surface area contributed by atoms with Gasteiger partial charge >= 0.3 is 0 Å². The Labute approximate surface area is 184 Å². The monoisotopic (exact) mass is 441 g/mol. The molecule has 6 nitrogen and oxygen atoms in total. The number of methoxy groups -OCH3 is 2. The summed E-state index contributed by atoms with van der Waals surface area (Å²) in [5.74, 6) is 1.51. The van der Waals surface area contributed by atoms with Crippen LogP contribution in [0.25, 0.3) is 0 Å². The van der Waals surface area contributed by atoms with Crippen LogP contribution < -0.4 is 20.5 Å². The molecule has 1 saturated heterocycles. The second kappa shape index (κ2) is 11.1. The first-order valence-electron chi connectivity index (χ1n) is 9.10. The molecule has 1 amide bonds. The first-order chi connectivity index (χ1) is 13.0. The molecule has 0 radical (unpaired) electrons. The minimum Gasteiger partial charge on any atom is -0.497 e. The van der Waals surface area contributed by atoms with Gasteiger partial charge in [-0.15, -0.1) is 24.8 Å². The molecule has 29 heavy (non-hydrogen) atoms. The molecule has 1 aliphatic rings. The summed E-state index contributed by atoms with van der Waals surface area (Å²) in [7, 11) is 3.30. The molecular formula is C21H29Cl2N3O3. The molecule has 1 aliphatic heterocycles. The summed E-state index contributed by atoms with van der Waals surface area (Å²) in [5, 5.41) is 3.14. The van der Waals surface area contributed by atoms with E-state index in [1.807, 2.05) is 37.3 Å². The van der Waals surface area contributed by atoms with Crippen molar-refractivity contribution in [3.63, 3.8) is 0 Å². The third-order valence-electron chi connectivity index (χ3n) is 4.93. The van der Waals surface area contributed by atoms with Gasteiger partial charge in [-0.05, 0) is 48.7 Å². The Hall–Kier alpha value is -2.15. The van der Waals surface area contributed by atoms with Crippen molar-refractivity contribution in [2.24, 2.45) is 0 Å². The maximum atomic E-state index is 12.6. The quantitative estimate of drug-likeness (QED) is 0.671. The van der Waals surface area contributed by atoms with Gasteiger partial charge in [0.05, 0.1) is 14.2 Å². The summed E-state index contributed by atoms with van der Waals surface area (Å²) in [6.45, 7) is 4.45. The lowest BCUT2D eigenvalue weighted by atomic mass is 10.1. The van der Waals surface area contributed by atoms with Gasteiger partial charge in [-0.3, -0.25) is 9.69 Å². The zero-order valence-corrected chi connectivity index (χ0v) is 18.6. The zero-order valence-electron chi connectivity index (χ0n) is 16.9. The van der Waals surface area contributed by atoms with Crippen LogP contribution in [0, 0.1) is 6.92 Å². The molecule has 1 atom stereocenters. The van der Waals surface area contributed by atoms with E-state index < -0.39 is 0 Å². The summed E-state index contributed by atoms with van der Waals surface area (Å²) in [6.07, 6.45) is 0.925. The highest BCUT2D eigenvalue weighted by Gasteiger charge is 2.25. The molecule has 2 aromatic carbocycles. The number of rotatable bonds is 6. The van der Waals surface area contributed by atoms with E-state index in [1.165, 1.54) is 0 Å². The van der Waals surface area contributed by atoms with Gasteiger partial charge in [-0.25, -0.2) is 0 Å². The minimum atomic E-state index is -0.0605. The molecule has 0 spiro atoms. The maximum absolute atomic E-state index is 12.6. The second-order valence-electron chi connectivity index (χ2n) is 6.99. The molecular weight excluding hydrogens is 413 g/mol. The SMILES string of the molecule is COc1cc(CN2CCC(NC(=O)c3cc(N)ccc3C)C2)cc(OC)c1.Cl.Cl. The van der Waals surface area contributed by atoms with Crippen LogP contribution in [0.2, 0.25) is 0 Å². The number of amides is 1. The summed E-state index contributed by atoms with van der Waals surface area (Å²) in [5.41, 5.74) is 9.13. The van der Waals surface area contributed by atoms with Gasteiger partial charge in [0.15, 0.2) is 0 Å². The lowest BCUT2D eigenvalue weighted by Gasteiger charge is -2.18. The van der Waals surface area contributed by atoms with Crippen molar-refractivity contribution in [2.75, 3.05) is 33.0 Å². The van der Waals surface area contributed by atoms with Crippen molar-refractivity contribution in [2.45, 2.75) is 25.9 Å². The topological polar surface area (TPSA) is 76.8 Å². The number of nitrogens with two attached hydrogens (primary N) is 1. The number of ether oxygens (including phenoxy) is 2. The molecule has 1 fully saturated rings. The highest BCUT2D eigenvalue weighted by atomic mass is 35.5. The Morgan fingerprint density at radius 1 is 1.14 bits per heavy atom. The highest BCUT2D eigenvalue weighted by Crippen LogP contribution is 2.24. The molecule has 0 saturated carbocycles. The van der Waals surface area contributed by atoms with Gasteiger partial charge < -0.3 is 20.5 Å². The number of aryl methyl sites for hydroxylation is 1. The number of nitrogens with one attached hydrogen (secondary N) is 1. The van der Waals surface area contributed by atoms with Gasteiger partial charge in [0, 0.05) is 43.0 Å². The van der Waals surface area contributed by atoms with Gasteiger partial charge in [-0.2, -0.15) is 0 Å². The van der Waals surface area contributed by atoms with Gasteiger partial charge in [0.1, 0.15) is 11.5 Å². The fraction of sp³-hybridized carbons (Fsp3) is 0.381. The molecule has 160 valence electrons. The lowest BCUT2D eigenvalue weighted by Crippen LogP contribution is -2.37. The number of anilines is 1. The van der Waals surface area contributed by atoms with Crippen LogP contribution in [0.5, 0.6) is 11.5 Å². The summed E-state index contributed by atoms with van der Waals surface area (Å²) in [6, 6.07) is 11.5. The molecule has 0 aliphatic carbocycles. The standard InChI is InChI=1S/C21H27N3O3.2ClH/c1-14-4-5-16(22)10-20(14)21(25)23-17-6-7-24(13-17)12-15-8-18(26-2)11-19(9-15)27-3;;/h4-5,8-11,17H,6-7,12-13,22H2,1-3H3,(H,23,25);2*1H. The number of halogens is 2. The Kier molecular flexibility index (Phi) is 9.56. The Bertz CT molecular complexity index is 811. The summed E-state index contributed by atoms with van der Waals surface area (Å²) < 4.78 is 10.7. The van der Waals surface area contributed by atoms with E-state index in [9.17, 15) is 4.79 Å². The first-order valence-corrected chi connectivity index (χ1v) is 9.10. The summed E-state index contributed by atoms with van der Waals surface area (Å²) >= 11 is 0. The highest BCUT2D eigenvalue weighted by molar-refractivity contribution is 5.96. The number of hydrogen-bond acceptors (Lipinski definition) is 5. The Balaban J connectivity index is 0.00000210. The lowest BCUT2D eigenvalue weighted by molar-refractivity contribution is 0.0937. The van der Waals surface area contributed by atoms with Crippen molar-refractivity contribution in [3.8, 4) is 11.5 Å². The van der Waals surface area contributed by atoms with Crippen LogP contribution in [0.1, 0.15) is 27.9 Å². The van der Waals surface area contributed by atoms with Crippen molar-refractivity contribution in [3.05, 3.63) is 53.1 Å². The van der Waals surface area contributed by atoms with Crippen LogP contribution in [0.3, 0.4) is 0 Å². The first kappa shape index (κ1) is 24.9. The van der Waals surface area contributed by atoms with Gasteiger partial charge in [0.2, 0.25) is 0 Å². The predicted molar refractivity (Wildman–Crippen MR) is 121 cm³/mol. The zero-order chi connectivity index (χ0) is 19.4. The van der Waals surface area contributed by atoms with E-state index in [0.717, 1.165) is 48.7 Å². The average Bonchev–Trinajstić information content (AvgIpc) is 3.09. The Morgan fingerprint density at radius 2 is 1.79 bits per heavy atom. The molecule has 3 rings (SSSR count). The van der Waals surface area contributed by atoms with Gasteiger partial charge in [-0.1, -0.05) is 6.07 Å². The fourth-order valence-corrected chi connectivity index (χ4v) is 3.46. The molecule has 8 heteroatoms. The third-order valence-corrected chi connectivity index (χ3v) is 4.93. The number of likely N-dealkylation sites (tertiary alicyclic amines) is 1. The van der Waals surface area contributed by atoms with E-state index in [2.05, 4.69) is 10.2 Å². The molecule has 0 aromatic heterocycles. The van der Waals surface area contributed by atoms with Crippen molar-refractivity contribution in [1.29, 1.82) is 0 Å². The second-order valence-corrected chi connectivity index (χ2v) is 6.99. The third kappa shape index (κ3) is 6.42. The van der Waals surface area contributed by atoms with E-state index in [4.69, 9.17) is 15.2 Å². The number of nitrogen functional groups attached to an aromatic ring is 1.